The second-order valence-electron chi connectivity index (χ2n) is 5.12. The van der Waals surface area contributed by atoms with Gasteiger partial charge in [-0.2, -0.15) is 0 Å². The summed E-state index contributed by atoms with van der Waals surface area (Å²) in [5, 5.41) is 3.34. The minimum absolute atomic E-state index is 0.338. The highest BCUT2D eigenvalue weighted by atomic mass is 16.5. The zero-order valence-electron chi connectivity index (χ0n) is 13.3. The van der Waals surface area contributed by atoms with Crippen LogP contribution in [0.3, 0.4) is 0 Å². The molecule has 0 aliphatic heterocycles. The molecule has 1 N–H and O–H groups in total. The predicted octanol–water partition coefficient (Wildman–Crippen LogP) is 3.10. The number of hydrogen-bond donors (Lipinski definition) is 1. The lowest BCUT2D eigenvalue weighted by atomic mass is 10.2. The standard InChI is InChI=1S/C17H23NO4/c1-13(10-18-11-14-6-5-9-21-14)12-22-17-15(19-2)7-4-8-16(17)20-3/h4-9,13,18H,10-12H2,1-3H3/t13-/m0/s1. The van der Waals surface area contributed by atoms with Crippen LogP contribution >= 0.6 is 0 Å². The molecular weight excluding hydrogens is 282 g/mol. The van der Waals surface area contributed by atoms with Crippen LogP contribution in [-0.4, -0.2) is 27.4 Å². The molecule has 0 aliphatic carbocycles. The van der Waals surface area contributed by atoms with Crippen LogP contribution in [0, 0.1) is 5.92 Å². The lowest BCUT2D eigenvalue weighted by molar-refractivity contribution is 0.231. The quantitative estimate of drug-likeness (QED) is 0.771. The van der Waals surface area contributed by atoms with Crippen LogP contribution in [0.15, 0.2) is 41.0 Å². The molecule has 0 amide bonds. The van der Waals surface area contributed by atoms with Crippen molar-refractivity contribution in [3.63, 3.8) is 0 Å². The van der Waals surface area contributed by atoms with E-state index >= 15 is 0 Å². The molecule has 1 atom stereocenters. The molecule has 0 saturated carbocycles. The van der Waals surface area contributed by atoms with Crippen LogP contribution in [0.1, 0.15) is 12.7 Å². The molecule has 1 aromatic heterocycles. The van der Waals surface area contributed by atoms with Crippen molar-refractivity contribution in [2.24, 2.45) is 5.92 Å². The molecule has 1 aromatic carbocycles. The summed E-state index contributed by atoms with van der Waals surface area (Å²) in [6, 6.07) is 9.43. The number of nitrogens with one attached hydrogen (secondary N) is 1. The van der Waals surface area contributed by atoms with Gasteiger partial charge < -0.3 is 23.9 Å². The zero-order valence-corrected chi connectivity index (χ0v) is 13.3. The third-order valence-electron chi connectivity index (χ3n) is 3.27. The average molecular weight is 305 g/mol. The van der Waals surface area contributed by atoms with Gasteiger partial charge in [0.15, 0.2) is 11.5 Å². The van der Waals surface area contributed by atoms with Crippen LogP contribution in [0.5, 0.6) is 17.2 Å². The molecule has 0 spiro atoms. The van der Waals surface area contributed by atoms with Crippen molar-refractivity contribution >= 4 is 0 Å². The average Bonchev–Trinajstić information content (AvgIpc) is 3.05. The molecule has 5 nitrogen and oxygen atoms in total. The summed E-state index contributed by atoms with van der Waals surface area (Å²) in [5.41, 5.74) is 0. The fraction of sp³-hybridized carbons (Fsp3) is 0.412. The highest BCUT2D eigenvalue weighted by Gasteiger charge is 2.13. The van der Waals surface area contributed by atoms with Gasteiger partial charge >= 0.3 is 0 Å². The fourth-order valence-corrected chi connectivity index (χ4v) is 2.10. The number of methoxy groups -OCH3 is 2. The van der Waals surface area contributed by atoms with E-state index in [0.29, 0.717) is 29.8 Å². The van der Waals surface area contributed by atoms with Crippen LogP contribution < -0.4 is 19.5 Å². The number of furan rings is 1. The highest BCUT2D eigenvalue weighted by Crippen LogP contribution is 2.36. The molecule has 0 aliphatic rings. The van der Waals surface area contributed by atoms with Gasteiger partial charge in [-0.3, -0.25) is 0 Å². The van der Waals surface area contributed by atoms with Crippen LogP contribution in [0.25, 0.3) is 0 Å². The molecule has 1 heterocycles. The molecule has 2 rings (SSSR count). The van der Waals surface area contributed by atoms with Gasteiger partial charge in [-0.15, -0.1) is 0 Å². The molecule has 0 fully saturated rings. The number of para-hydroxylation sites is 1. The van der Waals surface area contributed by atoms with Gasteiger partial charge in [-0.05, 0) is 24.3 Å². The Morgan fingerprint density at radius 3 is 2.41 bits per heavy atom. The minimum Gasteiger partial charge on any atom is -0.493 e. The minimum atomic E-state index is 0.338. The topological polar surface area (TPSA) is 52.9 Å². The first kappa shape index (κ1) is 16.2. The second-order valence-corrected chi connectivity index (χ2v) is 5.12. The lowest BCUT2D eigenvalue weighted by Gasteiger charge is -2.17. The summed E-state index contributed by atoms with van der Waals surface area (Å²) >= 11 is 0. The maximum atomic E-state index is 5.89. The molecule has 0 saturated heterocycles. The Bertz CT molecular complexity index is 532. The zero-order chi connectivity index (χ0) is 15.8. The largest absolute Gasteiger partial charge is 0.493 e. The molecule has 0 unspecified atom stereocenters. The Labute approximate surface area is 131 Å². The normalized spacial score (nSPS) is 12.0. The van der Waals surface area contributed by atoms with E-state index in [9.17, 15) is 0 Å². The number of benzene rings is 1. The van der Waals surface area contributed by atoms with Crippen molar-refractivity contribution in [3.05, 3.63) is 42.4 Å². The smallest absolute Gasteiger partial charge is 0.203 e. The van der Waals surface area contributed by atoms with E-state index in [-0.39, 0.29) is 0 Å². The van der Waals surface area contributed by atoms with Gasteiger partial charge in [-0.25, -0.2) is 0 Å². The molecule has 120 valence electrons. The Morgan fingerprint density at radius 2 is 1.82 bits per heavy atom. The number of ether oxygens (including phenoxy) is 3. The maximum absolute atomic E-state index is 5.89. The second kappa shape index (κ2) is 8.34. The van der Waals surface area contributed by atoms with E-state index in [1.165, 1.54) is 0 Å². The summed E-state index contributed by atoms with van der Waals surface area (Å²) in [7, 11) is 3.24. The molecule has 0 bridgehead atoms. The van der Waals surface area contributed by atoms with Gasteiger partial charge in [0.2, 0.25) is 5.75 Å². The first-order valence-electron chi connectivity index (χ1n) is 7.31. The fourth-order valence-electron chi connectivity index (χ4n) is 2.10. The van der Waals surface area contributed by atoms with E-state index in [4.69, 9.17) is 18.6 Å². The van der Waals surface area contributed by atoms with Gasteiger partial charge in [-0.1, -0.05) is 13.0 Å². The maximum Gasteiger partial charge on any atom is 0.203 e. The van der Waals surface area contributed by atoms with Crippen molar-refractivity contribution in [3.8, 4) is 17.2 Å². The van der Waals surface area contributed by atoms with Gasteiger partial charge in [0, 0.05) is 12.5 Å². The first-order chi connectivity index (χ1) is 10.7. The summed E-state index contributed by atoms with van der Waals surface area (Å²) < 4.78 is 21.8. The first-order valence-corrected chi connectivity index (χ1v) is 7.31. The number of rotatable bonds is 9. The molecule has 0 radical (unpaired) electrons. The lowest BCUT2D eigenvalue weighted by Crippen LogP contribution is -2.24. The predicted molar refractivity (Wildman–Crippen MR) is 84.6 cm³/mol. The van der Waals surface area contributed by atoms with E-state index in [1.807, 2.05) is 30.3 Å². The Morgan fingerprint density at radius 1 is 1.09 bits per heavy atom. The van der Waals surface area contributed by atoms with E-state index in [0.717, 1.165) is 18.8 Å². The Balaban J connectivity index is 1.81. The molecular formula is C17H23NO4. The van der Waals surface area contributed by atoms with E-state index < -0.39 is 0 Å². The van der Waals surface area contributed by atoms with E-state index in [2.05, 4.69) is 12.2 Å². The van der Waals surface area contributed by atoms with Gasteiger partial charge in [0.1, 0.15) is 5.76 Å². The van der Waals surface area contributed by atoms with Gasteiger partial charge in [0.25, 0.3) is 0 Å². The van der Waals surface area contributed by atoms with Gasteiger partial charge in [0.05, 0.1) is 33.6 Å². The Hall–Kier alpha value is -2.14. The van der Waals surface area contributed by atoms with Crippen LogP contribution in [-0.2, 0) is 6.54 Å². The monoisotopic (exact) mass is 305 g/mol. The molecule has 2 aromatic rings. The van der Waals surface area contributed by atoms with Crippen LogP contribution in [0.4, 0.5) is 0 Å². The Kier molecular flexibility index (Phi) is 6.15. The van der Waals surface area contributed by atoms with Crippen LogP contribution in [0.2, 0.25) is 0 Å². The van der Waals surface area contributed by atoms with Crippen molar-refractivity contribution in [1.29, 1.82) is 0 Å². The third kappa shape index (κ3) is 4.43. The number of hydrogen-bond acceptors (Lipinski definition) is 5. The van der Waals surface area contributed by atoms with Crippen molar-refractivity contribution in [2.45, 2.75) is 13.5 Å². The summed E-state index contributed by atoms with van der Waals surface area (Å²) in [6.45, 7) is 4.24. The highest BCUT2D eigenvalue weighted by molar-refractivity contribution is 5.51. The van der Waals surface area contributed by atoms with Crippen molar-refractivity contribution < 1.29 is 18.6 Å². The summed E-state index contributed by atoms with van der Waals surface area (Å²) in [6.07, 6.45) is 1.68. The SMILES string of the molecule is COc1cccc(OC)c1OC[C@@H](C)CNCc1ccco1. The molecule has 22 heavy (non-hydrogen) atoms. The van der Waals surface area contributed by atoms with E-state index in [1.54, 1.807) is 20.5 Å². The third-order valence-corrected chi connectivity index (χ3v) is 3.27. The summed E-state index contributed by atoms with van der Waals surface area (Å²) in [5.74, 6) is 3.26. The van der Waals surface area contributed by atoms with Crippen molar-refractivity contribution in [1.82, 2.24) is 5.32 Å². The van der Waals surface area contributed by atoms with Crippen molar-refractivity contribution in [2.75, 3.05) is 27.4 Å². The molecule has 5 heteroatoms. The summed E-state index contributed by atoms with van der Waals surface area (Å²) in [4.78, 5) is 0.